The monoisotopic (exact) mass is 408 g/mol. The minimum Gasteiger partial charge on any atom is -0.348 e. The summed E-state index contributed by atoms with van der Waals surface area (Å²) in [4.78, 5) is 17.3. The van der Waals surface area contributed by atoms with Crippen LogP contribution in [-0.4, -0.2) is 30.3 Å². The lowest BCUT2D eigenvalue weighted by molar-refractivity contribution is 0.0952. The molecule has 0 aliphatic heterocycles. The average Bonchev–Trinajstić information content (AvgIpc) is 3.39. The summed E-state index contributed by atoms with van der Waals surface area (Å²) >= 11 is 0. The van der Waals surface area contributed by atoms with Crippen molar-refractivity contribution in [3.8, 4) is 16.9 Å². The van der Waals surface area contributed by atoms with Crippen molar-refractivity contribution in [3.63, 3.8) is 0 Å². The molecule has 3 aromatic heterocycles. The van der Waals surface area contributed by atoms with E-state index < -0.39 is 0 Å². The first-order valence-electron chi connectivity index (χ1n) is 9.98. The average molecular weight is 408 g/mol. The maximum Gasteiger partial charge on any atom is 0.257 e. The van der Waals surface area contributed by atoms with E-state index in [0.717, 1.165) is 22.5 Å². The van der Waals surface area contributed by atoms with Gasteiger partial charge in [-0.3, -0.25) is 4.79 Å². The van der Waals surface area contributed by atoms with Crippen molar-refractivity contribution in [1.29, 1.82) is 0 Å². The van der Waals surface area contributed by atoms with Gasteiger partial charge in [-0.1, -0.05) is 48.5 Å². The molecule has 0 unspecified atom stereocenters. The number of hydrogen-bond acceptors (Lipinski definition) is 4. The Morgan fingerprint density at radius 1 is 0.968 bits per heavy atom. The van der Waals surface area contributed by atoms with Gasteiger partial charge in [0, 0.05) is 36.3 Å². The summed E-state index contributed by atoms with van der Waals surface area (Å²) in [5.41, 5.74) is 5.37. The molecule has 5 rings (SSSR count). The van der Waals surface area contributed by atoms with Crippen molar-refractivity contribution in [2.75, 3.05) is 0 Å². The van der Waals surface area contributed by atoms with Gasteiger partial charge in [-0.15, -0.1) is 0 Å². The SMILES string of the molecule is Cc1nn2cccnc2c1C(=O)NCc1cn(-c2ccccc2)nc1-c1ccccc1. The molecule has 0 atom stereocenters. The fraction of sp³-hybridized carbons (Fsp3) is 0.0833. The minimum absolute atomic E-state index is 0.210. The van der Waals surface area contributed by atoms with Crippen molar-refractivity contribution < 1.29 is 4.79 Å². The molecule has 1 amide bonds. The number of carbonyl (C=O) groups excluding carboxylic acids is 1. The molecule has 7 heteroatoms. The Bertz CT molecular complexity index is 1360. The number of aromatic nitrogens is 5. The topological polar surface area (TPSA) is 77.1 Å². The molecule has 0 aliphatic carbocycles. The van der Waals surface area contributed by atoms with E-state index in [4.69, 9.17) is 5.10 Å². The maximum atomic E-state index is 13.0. The van der Waals surface area contributed by atoms with Gasteiger partial charge in [0.05, 0.1) is 17.1 Å². The summed E-state index contributed by atoms with van der Waals surface area (Å²) in [6.07, 6.45) is 5.40. The zero-order valence-corrected chi connectivity index (χ0v) is 16.9. The third-order valence-corrected chi connectivity index (χ3v) is 5.09. The number of nitrogens with zero attached hydrogens (tertiary/aromatic N) is 5. The molecule has 0 bridgehead atoms. The van der Waals surface area contributed by atoms with Crippen molar-refractivity contribution in [2.45, 2.75) is 13.5 Å². The van der Waals surface area contributed by atoms with Crippen LogP contribution in [0.3, 0.4) is 0 Å². The van der Waals surface area contributed by atoms with Gasteiger partial charge in [0.15, 0.2) is 5.65 Å². The molecule has 152 valence electrons. The van der Waals surface area contributed by atoms with Crippen molar-refractivity contribution in [3.05, 3.63) is 102 Å². The molecule has 7 nitrogen and oxygen atoms in total. The quantitative estimate of drug-likeness (QED) is 0.480. The molecule has 3 heterocycles. The Morgan fingerprint density at radius 3 is 2.48 bits per heavy atom. The van der Waals surface area contributed by atoms with Gasteiger partial charge in [-0.25, -0.2) is 14.2 Å². The summed E-state index contributed by atoms with van der Waals surface area (Å²) in [5, 5.41) is 12.2. The second-order valence-corrected chi connectivity index (χ2v) is 7.18. The van der Waals surface area contributed by atoms with Gasteiger partial charge in [0.1, 0.15) is 5.56 Å². The fourth-order valence-corrected chi connectivity index (χ4v) is 3.62. The Balaban J connectivity index is 1.47. The standard InChI is InChI=1S/C24H20N6O/c1-17-21(23-25-13-8-14-29(23)27-17)24(31)26-15-19-16-30(20-11-6-3-7-12-20)28-22(19)18-9-4-2-5-10-18/h2-14,16H,15H2,1H3,(H,26,31). The zero-order chi connectivity index (χ0) is 21.2. The molecule has 2 aromatic carbocycles. The summed E-state index contributed by atoms with van der Waals surface area (Å²) in [5.74, 6) is -0.210. The Morgan fingerprint density at radius 2 is 1.71 bits per heavy atom. The van der Waals surface area contributed by atoms with Crippen LogP contribution in [0.4, 0.5) is 0 Å². The normalized spacial score (nSPS) is 11.0. The third-order valence-electron chi connectivity index (χ3n) is 5.09. The van der Waals surface area contributed by atoms with Gasteiger partial charge in [-0.2, -0.15) is 10.2 Å². The second-order valence-electron chi connectivity index (χ2n) is 7.18. The highest BCUT2D eigenvalue weighted by atomic mass is 16.1. The predicted octanol–water partition coefficient (Wildman–Crippen LogP) is 3.82. The first-order valence-corrected chi connectivity index (χ1v) is 9.98. The highest BCUT2D eigenvalue weighted by Gasteiger charge is 2.19. The van der Waals surface area contributed by atoms with Crippen LogP contribution in [0, 0.1) is 6.92 Å². The van der Waals surface area contributed by atoms with Gasteiger partial charge in [0.2, 0.25) is 0 Å². The number of para-hydroxylation sites is 1. The Kier molecular flexibility index (Phi) is 4.76. The van der Waals surface area contributed by atoms with E-state index in [1.54, 1.807) is 23.0 Å². The number of benzene rings is 2. The molecular formula is C24H20N6O. The summed E-state index contributed by atoms with van der Waals surface area (Å²) < 4.78 is 3.46. The molecule has 0 saturated heterocycles. The molecular weight excluding hydrogens is 388 g/mol. The van der Waals surface area contributed by atoms with Gasteiger partial charge >= 0.3 is 0 Å². The number of aryl methyl sites for hydroxylation is 1. The van der Waals surface area contributed by atoms with Crippen molar-refractivity contribution in [1.82, 2.24) is 29.7 Å². The lowest BCUT2D eigenvalue weighted by atomic mass is 10.1. The number of nitrogens with one attached hydrogen (secondary N) is 1. The number of rotatable bonds is 5. The molecule has 5 aromatic rings. The summed E-state index contributed by atoms with van der Waals surface area (Å²) in [6.45, 7) is 2.14. The predicted molar refractivity (Wildman–Crippen MR) is 118 cm³/mol. The molecule has 0 fully saturated rings. The number of fused-ring (bicyclic) bond motifs is 1. The van der Waals surface area contributed by atoms with E-state index >= 15 is 0 Å². The first-order chi connectivity index (χ1) is 15.2. The van der Waals surface area contributed by atoms with Crippen LogP contribution in [0.15, 0.2) is 85.3 Å². The largest absolute Gasteiger partial charge is 0.348 e. The van der Waals surface area contributed by atoms with Crippen LogP contribution in [0.1, 0.15) is 21.6 Å². The molecule has 0 spiro atoms. The van der Waals surface area contributed by atoms with E-state index in [0.29, 0.717) is 23.4 Å². The molecule has 31 heavy (non-hydrogen) atoms. The lowest BCUT2D eigenvalue weighted by Crippen LogP contribution is -2.23. The van der Waals surface area contributed by atoms with Crippen molar-refractivity contribution in [2.24, 2.45) is 0 Å². The summed E-state index contributed by atoms with van der Waals surface area (Å²) in [7, 11) is 0. The van der Waals surface area contributed by atoms with Crippen LogP contribution in [0.5, 0.6) is 0 Å². The fourth-order valence-electron chi connectivity index (χ4n) is 3.62. The highest BCUT2D eigenvalue weighted by Crippen LogP contribution is 2.24. The van der Waals surface area contributed by atoms with Gasteiger partial charge in [-0.05, 0) is 25.1 Å². The molecule has 1 N–H and O–H groups in total. The van der Waals surface area contributed by atoms with Crippen LogP contribution in [0.25, 0.3) is 22.6 Å². The van der Waals surface area contributed by atoms with E-state index in [1.807, 2.05) is 78.5 Å². The van der Waals surface area contributed by atoms with Crippen molar-refractivity contribution >= 4 is 11.6 Å². The van der Waals surface area contributed by atoms with E-state index in [1.165, 1.54) is 0 Å². The van der Waals surface area contributed by atoms with E-state index in [2.05, 4.69) is 15.4 Å². The van der Waals surface area contributed by atoms with Crippen LogP contribution in [0.2, 0.25) is 0 Å². The zero-order valence-electron chi connectivity index (χ0n) is 16.9. The number of hydrogen-bond donors (Lipinski definition) is 1. The molecule has 0 radical (unpaired) electrons. The number of carbonyl (C=O) groups is 1. The Hall–Kier alpha value is -4.26. The third kappa shape index (κ3) is 3.57. The van der Waals surface area contributed by atoms with E-state index in [9.17, 15) is 4.79 Å². The van der Waals surface area contributed by atoms with Gasteiger partial charge < -0.3 is 5.32 Å². The minimum atomic E-state index is -0.210. The van der Waals surface area contributed by atoms with Crippen LogP contribution >= 0.6 is 0 Å². The summed E-state index contributed by atoms with van der Waals surface area (Å²) in [6, 6.07) is 21.7. The number of amides is 1. The van der Waals surface area contributed by atoms with E-state index in [-0.39, 0.29) is 5.91 Å². The lowest BCUT2D eigenvalue weighted by Gasteiger charge is -2.05. The van der Waals surface area contributed by atoms with Crippen LogP contribution < -0.4 is 5.32 Å². The second kappa shape index (κ2) is 7.87. The maximum absolute atomic E-state index is 13.0. The van der Waals surface area contributed by atoms with Gasteiger partial charge in [0.25, 0.3) is 5.91 Å². The van der Waals surface area contributed by atoms with Crippen LogP contribution in [-0.2, 0) is 6.54 Å². The molecule has 0 saturated carbocycles. The first kappa shape index (κ1) is 18.7. The smallest absolute Gasteiger partial charge is 0.257 e. The Labute approximate surface area is 179 Å². The highest BCUT2D eigenvalue weighted by molar-refractivity contribution is 6.01. The molecule has 0 aliphatic rings.